The fourth-order valence-corrected chi connectivity index (χ4v) is 2.59. The summed E-state index contributed by atoms with van der Waals surface area (Å²) in [4.78, 5) is 33.2. The molecule has 0 fully saturated rings. The maximum Gasteiger partial charge on any atom is 0.272 e. The average molecular weight is 391 g/mol. The van der Waals surface area contributed by atoms with Crippen LogP contribution in [0, 0.1) is 17.5 Å². The zero-order chi connectivity index (χ0) is 20.6. The van der Waals surface area contributed by atoms with Crippen LogP contribution in [-0.4, -0.2) is 15.0 Å². The van der Waals surface area contributed by atoms with E-state index in [-0.39, 0.29) is 16.1 Å². The summed E-state index contributed by atoms with van der Waals surface area (Å²) < 4.78 is 45.7. The molecule has 1 aromatic carbocycles. The minimum absolute atomic E-state index is 0.104. The molecule has 0 bridgehead atoms. The van der Waals surface area contributed by atoms with Gasteiger partial charge in [-0.05, 0) is 18.2 Å². The first-order valence-electron chi connectivity index (χ1n) is 8.21. The summed E-state index contributed by atoms with van der Waals surface area (Å²) in [6, 6.07) is 1.09. The van der Waals surface area contributed by atoms with Gasteiger partial charge in [-0.3, -0.25) is 9.59 Å². The van der Waals surface area contributed by atoms with Gasteiger partial charge in [0.15, 0.2) is 18.0 Å². The molecule has 3 rings (SSSR count). The molecule has 0 saturated carbocycles. The number of benzene rings is 1. The third kappa shape index (κ3) is 3.83. The van der Waals surface area contributed by atoms with Crippen molar-refractivity contribution in [2.45, 2.75) is 26.2 Å². The summed E-state index contributed by atoms with van der Waals surface area (Å²) >= 11 is 0. The Morgan fingerprint density at radius 1 is 1.00 bits per heavy atom. The Kier molecular flexibility index (Phi) is 4.84. The van der Waals surface area contributed by atoms with Gasteiger partial charge >= 0.3 is 0 Å². The molecule has 0 unspecified atom stereocenters. The average Bonchev–Trinajstić information content (AvgIpc) is 3.05. The smallest absolute Gasteiger partial charge is 0.272 e. The lowest BCUT2D eigenvalue weighted by Gasteiger charge is -2.14. The second-order valence-electron chi connectivity index (χ2n) is 7.13. The number of rotatable bonds is 2. The lowest BCUT2D eigenvalue weighted by molar-refractivity contribution is 0.407. The molecule has 0 spiro atoms. The Bertz CT molecular complexity index is 1280. The maximum absolute atomic E-state index is 13.8. The van der Waals surface area contributed by atoms with Gasteiger partial charge in [-0.2, -0.15) is 0 Å². The van der Waals surface area contributed by atoms with Crippen molar-refractivity contribution in [3.63, 3.8) is 0 Å². The van der Waals surface area contributed by atoms with Gasteiger partial charge in [-0.1, -0.05) is 20.8 Å². The van der Waals surface area contributed by atoms with Crippen LogP contribution in [0.5, 0.6) is 0 Å². The van der Waals surface area contributed by atoms with Crippen LogP contribution in [-0.2, 0) is 5.41 Å². The molecule has 2 heterocycles. The van der Waals surface area contributed by atoms with Gasteiger partial charge in [0.05, 0.1) is 0 Å². The quantitative estimate of drug-likeness (QED) is 0.647. The highest BCUT2D eigenvalue weighted by Crippen LogP contribution is 2.25. The van der Waals surface area contributed by atoms with Gasteiger partial charge in [-0.15, -0.1) is 0 Å². The van der Waals surface area contributed by atoms with Crippen LogP contribution in [0.2, 0.25) is 0 Å². The molecule has 0 aliphatic rings. The highest BCUT2D eigenvalue weighted by molar-refractivity contribution is 5.50. The molecule has 0 radical (unpaired) electrons. The molecule has 0 atom stereocenters. The minimum atomic E-state index is -1.41. The zero-order valence-corrected chi connectivity index (χ0v) is 15.2. The highest BCUT2D eigenvalue weighted by Gasteiger charge is 2.22. The van der Waals surface area contributed by atoms with Crippen molar-refractivity contribution in [1.82, 2.24) is 15.0 Å². The number of nitrogens with one attached hydrogen (secondary N) is 2. The molecule has 0 aliphatic heterocycles. The summed E-state index contributed by atoms with van der Waals surface area (Å²) in [5.74, 6) is -3.25. The van der Waals surface area contributed by atoms with E-state index in [4.69, 9.17) is 4.42 Å². The van der Waals surface area contributed by atoms with Crippen molar-refractivity contribution in [1.29, 1.82) is 0 Å². The van der Waals surface area contributed by atoms with Gasteiger partial charge < -0.3 is 14.4 Å². The second-order valence-corrected chi connectivity index (χ2v) is 7.13. The van der Waals surface area contributed by atoms with Gasteiger partial charge in [0.1, 0.15) is 28.0 Å². The number of oxazole rings is 1. The summed E-state index contributed by atoms with van der Waals surface area (Å²) in [6.45, 7) is 5.67. The van der Waals surface area contributed by atoms with Crippen molar-refractivity contribution in [2.24, 2.45) is 0 Å². The molecule has 2 aromatic heterocycles. The zero-order valence-electron chi connectivity index (χ0n) is 15.2. The second kappa shape index (κ2) is 6.99. The van der Waals surface area contributed by atoms with Crippen molar-refractivity contribution >= 4 is 12.2 Å². The summed E-state index contributed by atoms with van der Waals surface area (Å²) in [5, 5.41) is -0.463. The van der Waals surface area contributed by atoms with Crippen LogP contribution in [0.3, 0.4) is 0 Å². The predicted molar refractivity (Wildman–Crippen MR) is 95.6 cm³/mol. The Hall–Kier alpha value is -3.36. The molecule has 0 aliphatic carbocycles. The van der Waals surface area contributed by atoms with Crippen molar-refractivity contribution in [2.75, 3.05) is 0 Å². The van der Waals surface area contributed by atoms with E-state index in [9.17, 15) is 22.8 Å². The van der Waals surface area contributed by atoms with E-state index >= 15 is 0 Å². The number of aromatic nitrogens is 3. The fraction of sp³-hybridized carbons (Fsp3) is 0.211. The van der Waals surface area contributed by atoms with Gasteiger partial charge in [0, 0.05) is 17.0 Å². The number of hydrogen-bond donors (Lipinski definition) is 2. The third-order valence-corrected chi connectivity index (χ3v) is 3.86. The Labute approximate surface area is 156 Å². The Balaban J connectivity index is 2.18. The van der Waals surface area contributed by atoms with Crippen LogP contribution in [0.4, 0.5) is 13.2 Å². The number of aromatic amines is 2. The van der Waals surface area contributed by atoms with E-state index in [1.807, 2.05) is 20.8 Å². The van der Waals surface area contributed by atoms with Gasteiger partial charge in [0.25, 0.3) is 11.1 Å². The van der Waals surface area contributed by atoms with E-state index in [0.29, 0.717) is 23.6 Å². The predicted octanol–water partition coefficient (Wildman–Crippen LogP) is 1.42. The molecule has 9 heteroatoms. The number of halogens is 3. The monoisotopic (exact) mass is 391 g/mol. The van der Waals surface area contributed by atoms with Crippen LogP contribution in [0.25, 0.3) is 12.2 Å². The van der Waals surface area contributed by atoms with E-state index in [2.05, 4.69) is 15.0 Å². The van der Waals surface area contributed by atoms with Crippen LogP contribution in [0.1, 0.15) is 37.8 Å². The normalized spacial score (nSPS) is 13.4. The first kappa shape index (κ1) is 19.4. The van der Waals surface area contributed by atoms with Crippen LogP contribution >= 0.6 is 0 Å². The first-order valence-corrected chi connectivity index (χ1v) is 8.21. The van der Waals surface area contributed by atoms with Gasteiger partial charge in [-0.25, -0.2) is 18.2 Å². The molecule has 0 amide bonds. The highest BCUT2D eigenvalue weighted by atomic mass is 19.2. The van der Waals surface area contributed by atoms with E-state index < -0.39 is 34.1 Å². The Morgan fingerprint density at radius 3 is 2.21 bits per heavy atom. The summed E-state index contributed by atoms with van der Waals surface area (Å²) in [7, 11) is 0. The number of nitrogens with zero attached hydrogens (tertiary/aromatic N) is 1. The lowest BCUT2D eigenvalue weighted by Crippen LogP contribution is -2.46. The van der Waals surface area contributed by atoms with Crippen LogP contribution in [0.15, 0.2) is 32.5 Å². The molecule has 2 N–H and O–H groups in total. The molecular formula is C19H16F3N3O3. The number of H-pyrrole nitrogens is 2. The third-order valence-electron chi connectivity index (χ3n) is 3.86. The lowest BCUT2D eigenvalue weighted by atomic mass is 9.92. The van der Waals surface area contributed by atoms with Crippen LogP contribution < -0.4 is 21.8 Å². The van der Waals surface area contributed by atoms with Crippen molar-refractivity contribution < 1.29 is 17.6 Å². The maximum atomic E-state index is 13.8. The fourth-order valence-electron chi connectivity index (χ4n) is 2.59. The molecule has 28 heavy (non-hydrogen) atoms. The summed E-state index contributed by atoms with van der Waals surface area (Å²) in [6.07, 6.45) is 3.42. The standard InChI is InChI=1S/C19H16F3N3O3/c1-19(2,3)16-12(23-8-28-16)7-14-18(27)24-13(17(26)25-14)5-9-4-10(20)6-11(21)15(9)22/h4-8H,1-3H3,(H,24,27)(H,25,26)/b13-5-,14-7-. The molecule has 0 saturated heterocycles. The van der Waals surface area contributed by atoms with Crippen molar-refractivity contribution in [3.8, 4) is 0 Å². The van der Waals surface area contributed by atoms with Gasteiger partial charge in [0.2, 0.25) is 0 Å². The van der Waals surface area contributed by atoms with E-state index in [1.54, 1.807) is 0 Å². The summed E-state index contributed by atoms with van der Waals surface area (Å²) in [5.41, 5.74) is -2.02. The molecule has 146 valence electrons. The minimum Gasteiger partial charge on any atom is -0.447 e. The first-order chi connectivity index (χ1) is 13.1. The Morgan fingerprint density at radius 2 is 1.61 bits per heavy atom. The van der Waals surface area contributed by atoms with E-state index in [1.165, 1.54) is 12.5 Å². The largest absolute Gasteiger partial charge is 0.447 e. The number of hydrogen-bond acceptors (Lipinski definition) is 4. The molecule has 6 nitrogen and oxygen atoms in total. The SMILES string of the molecule is CC(C)(C)c1ocnc1/C=c1\[nH]c(=O)/c(=C/c2cc(F)cc(F)c2F)[nH]c1=O. The topological polar surface area (TPSA) is 91.8 Å². The van der Waals surface area contributed by atoms with E-state index in [0.717, 1.165) is 6.08 Å². The van der Waals surface area contributed by atoms with Crippen molar-refractivity contribution in [3.05, 3.63) is 84.4 Å². The molecular weight excluding hydrogens is 375 g/mol. The molecule has 3 aromatic rings.